The van der Waals surface area contributed by atoms with E-state index >= 15 is 0 Å². The minimum atomic E-state index is -5.19. The number of amides is 2. The van der Waals surface area contributed by atoms with Gasteiger partial charge < -0.3 is 85.1 Å². The van der Waals surface area contributed by atoms with Gasteiger partial charge in [0.15, 0.2) is 13.1 Å². The van der Waals surface area contributed by atoms with Gasteiger partial charge in [-0.15, -0.1) is 0 Å². The number of nitrogens with zero attached hydrogens (tertiary/aromatic N) is 1. The van der Waals surface area contributed by atoms with Crippen molar-refractivity contribution in [2.45, 2.75) is 29.4 Å². The van der Waals surface area contributed by atoms with Gasteiger partial charge >= 0.3 is 18.5 Å². The number of halogens is 9. The third-order valence-corrected chi connectivity index (χ3v) is 30.1. The molecule has 33 rings (SSSR count). The van der Waals surface area contributed by atoms with E-state index in [-0.39, 0.29) is 35.7 Å². The summed E-state index contributed by atoms with van der Waals surface area (Å²) in [7, 11) is 0. The minimum absolute atomic E-state index is 0.132. The van der Waals surface area contributed by atoms with Crippen molar-refractivity contribution in [1.82, 2.24) is 15.5 Å². The molecule has 0 aromatic heterocycles. The first-order valence-electron chi connectivity index (χ1n) is 40.2. The molecular weight excluding hydrogens is 1560 g/mol. The van der Waals surface area contributed by atoms with Gasteiger partial charge in [0.2, 0.25) is 0 Å². The van der Waals surface area contributed by atoms with Crippen LogP contribution in [-0.4, -0.2) is 198 Å². The normalized spacial score (nSPS) is 18.2. The van der Waals surface area contributed by atoms with Crippen LogP contribution < -0.4 is 42.3 Å². The van der Waals surface area contributed by atoms with Gasteiger partial charge in [-0.2, -0.15) is 39.5 Å². The van der Waals surface area contributed by atoms with E-state index < -0.39 is 36.4 Å². The van der Waals surface area contributed by atoms with Gasteiger partial charge in [0.05, 0.1) is 103 Å². The molecule has 0 saturated carbocycles. The van der Waals surface area contributed by atoms with Crippen LogP contribution in [0.4, 0.5) is 39.5 Å². The van der Waals surface area contributed by atoms with E-state index in [2.05, 4.69) is 27.0 Å². The van der Waals surface area contributed by atoms with Crippen molar-refractivity contribution < 1.29 is 124 Å². The van der Waals surface area contributed by atoms with E-state index in [1.54, 1.807) is 313 Å². The van der Waals surface area contributed by atoms with E-state index in [0.717, 1.165) is 24.5 Å². The highest BCUT2D eigenvalue weighted by atomic mass is 19.4. The quantitative estimate of drug-likeness (QED) is 0.0168. The molecule has 0 bridgehead atoms. The molecule has 119 heavy (non-hydrogen) atoms. The Labute approximate surface area is 653 Å². The Hall–Kier alpha value is -11.2. The number of hydrogen-bond donors (Lipinski definition) is 5. The van der Waals surface area contributed by atoms with Crippen molar-refractivity contribution >= 4 is 321 Å². The summed E-state index contributed by atoms with van der Waals surface area (Å²) in [5.41, 5.74) is 13.9. The highest BCUT2D eigenvalue weighted by Gasteiger charge is 2.73. The lowest BCUT2D eigenvalue weighted by molar-refractivity contribution is -0.884. The molecule has 4 aliphatic carbocycles. The van der Waals surface area contributed by atoms with Crippen molar-refractivity contribution in [2.24, 2.45) is 0 Å². The van der Waals surface area contributed by atoms with Gasteiger partial charge in [-0.25, -0.2) is 0 Å². The van der Waals surface area contributed by atoms with E-state index in [1.807, 2.05) is 0 Å². The maximum Gasteiger partial charge on any atom is 0.430 e. The Morgan fingerprint density at radius 2 is 0.471 bits per heavy atom. The van der Waals surface area contributed by atoms with Crippen LogP contribution >= 0.6 is 0 Å². The maximum absolute atomic E-state index is 13.3. The van der Waals surface area contributed by atoms with Crippen molar-refractivity contribution in [3.05, 3.63) is 22.3 Å². The van der Waals surface area contributed by atoms with Crippen LogP contribution in [0.1, 0.15) is 22.3 Å². The summed E-state index contributed by atoms with van der Waals surface area (Å²) >= 11 is 0. The van der Waals surface area contributed by atoms with Crippen molar-refractivity contribution in [3.63, 3.8) is 0 Å². The average molecular weight is 1610 g/mol. The third-order valence-electron chi connectivity index (χ3n) is 30.1. The maximum atomic E-state index is 13.3. The van der Waals surface area contributed by atoms with Gasteiger partial charge in [0.25, 0.3) is 11.8 Å². The first kappa shape index (κ1) is 66.7. The largest absolute Gasteiger partial charge is 0.542 e. The highest BCUT2D eigenvalue weighted by molar-refractivity contribution is 6.82. The van der Waals surface area contributed by atoms with Gasteiger partial charge in [-0.05, 0) is 313 Å². The molecule has 20 nitrogen and oxygen atoms in total. The number of alkyl halides is 9. The van der Waals surface area contributed by atoms with Gasteiger partial charge in [-0.1, -0.05) is 0 Å². The van der Waals surface area contributed by atoms with Crippen molar-refractivity contribution in [2.75, 3.05) is 145 Å². The van der Waals surface area contributed by atoms with Crippen molar-refractivity contribution in [3.8, 4) is 0 Å². The number of benzene rings is 18. The molecule has 28 aromatic rings. The Balaban J connectivity index is 0.000000309. The monoisotopic (exact) mass is 1610 g/mol. The first-order valence-corrected chi connectivity index (χ1v) is 40.2. The molecule has 2 spiro atoms. The second-order valence-electron chi connectivity index (χ2n) is 34.6. The van der Waals surface area contributed by atoms with Gasteiger partial charge in [0.1, 0.15) is 24.5 Å². The lowest BCUT2D eigenvalue weighted by atomic mass is 9.50. The van der Waals surface area contributed by atoms with E-state index in [4.69, 9.17) is 58.1 Å². The molecule has 1 fully saturated rings. The van der Waals surface area contributed by atoms with E-state index in [9.17, 15) is 49.1 Å². The number of rotatable bonds is 29. The minimum Gasteiger partial charge on any atom is -0.542 e. The lowest BCUT2D eigenvalue weighted by Crippen LogP contribution is -3.14. The number of aliphatic carboxylic acids is 3. The van der Waals surface area contributed by atoms with Crippen LogP contribution in [0.2, 0.25) is 0 Å². The van der Waals surface area contributed by atoms with Crippen LogP contribution in [-0.2, 0) is 63.2 Å². The number of likely N-dealkylation sites (tertiary alicyclic amines) is 1. The fraction of sp³-hybridized carbons (Fsp3) is 0.300. The number of carbonyl (C=O) groups excluding carboxylic acids is 5. The summed E-state index contributed by atoms with van der Waals surface area (Å²) in [6.07, 6.45) is -15.6. The third kappa shape index (κ3) is 6.38. The Bertz CT molecular complexity index is 8010. The molecule has 9 N–H and O–H groups in total. The second-order valence-corrected chi connectivity index (χ2v) is 34.6. The number of carbonyl (C=O) groups is 5. The number of ether oxygens (including phenoxy) is 6. The number of quaternary nitrogens is 3. The number of carboxylic acid groups (broad SMARTS) is 3. The fourth-order valence-corrected chi connectivity index (χ4v) is 28.0. The number of carboxylic acids is 3. The summed E-state index contributed by atoms with van der Waals surface area (Å²) in [5, 5.41) is 121. The molecule has 5 aliphatic rings. The van der Waals surface area contributed by atoms with Crippen LogP contribution in [0.25, 0.3) is 291 Å². The predicted octanol–water partition coefficient (Wildman–Crippen LogP) is 8.21. The molecule has 0 unspecified atom stereocenters. The summed E-state index contributed by atoms with van der Waals surface area (Å²) in [4.78, 5) is 56.8. The fourth-order valence-electron chi connectivity index (χ4n) is 28.0. The van der Waals surface area contributed by atoms with Crippen LogP contribution in [0.15, 0.2) is 0 Å². The highest BCUT2D eigenvalue weighted by Crippen LogP contribution is 2.85. The standard InChI is InChI=1S/C84H50N6O8.3C2HF3O2/c85-1-7-93-13-15-95-9-3-87-23(91)19-89(20-24(92)88-4-10-96-16-14-94-8-2-86)5-11-97-17-18-98-12-6-90-21-83-79-71-63-53-43-35-27-25-26-29-33-31(27)39-47-41(33)51-45-37(29)38-30(26)34-32-28(25)36(35)44-50-40(32)48-42(34)52-46(38)56-55(45)65-59(51)69-61(47)67(57(63)49(39)43)75(79)77(69)81-73(65)74-66(56)60(52)70-62(48)68-58(50)64(54(44)53)72(71)80(83)76(68)78(70)82(74)84(81,83)22-90;3*3-2(4,5)1(6)7/h1-22,85-86H2,(H,87,91)(H,88,92);3*(H,6,7). The predicted molar refractivity (Wildman–Crippen MR) is 426 cm³/mol. The molecule has 28 aromatic carbocycles. The topological polar surface area (TPSA) is 297 Å². The Morgan fingerprint density at radius 3 is 0.664 bits per heavy atom. The van der Waals surface area contributed by atoms with Gasteiger partial charge in [-0.3, -0.25) is 14.5 Å². The number of hydrogen-bond acceptors (Lipinski definition) is 15. The van der Waals surface area contributed by atoms with Crippen LogP contribution in [0.5, 0.6) is 0 Å². The molecule has 29 heteroatoms. The number of nitrogens with one attached hydrogen (secondary N) is 3. The molecule has 2 amide bonds. The van der Waals surface area contributed by atoms with Crippen LogP contribution in [0, 0.1) is 0 Å². The SMILES string of the molecule is O=C([O-])C(F)(F)F.O=C([O-])C(F)(F)F.O=C([O-])C(F)(F)F.[NH3+]CCOCCOCCNC(=O)C[NH+](CCOCCOCCN1CC23c4c5c6c7c8c9c(c%10c%11c2c2c4c4c%12c5c5c6c6c8c8c%13c9c9c%10c%10c%11c%11c2c2c4c4c%12c%12c5c5c6c8c6c8c%13c9c9c%10c%10c%11c2c2c4c4c%12c5c6c5c8c9c%10c2c45)C73C1)CC(=O)NCCOCCOCC[NH3+]. The summed E-state index contributed by atoms with van der Waals surface area (Å²) < 4.78 is 130. The molecule has 1 heterocycles. The molecule has 1 saturated heterocycles. The Kier molecular flexibility index (Phi) is 11.3. The van der Waals surface area contributed by atoms with E-state index in [0.29, 0.717) is 112 Å². The summed E-state index contributed by atoms with van der Waals surface area (Å²) in [6, 6.07) is 0. The van der Waals surface area contributed by atoms with Gasteiger partial charge in [0, 0.05) is 32.7 Å². The molecule has 590 valence electrons. The second kappa shape index (κ2) is 20.1. The zero-order valence-corrected chi connectivity index (χ0v) is 62.0. The average Bonchev–Trinajstić information content (AvgIpc) is 1.38. The zero-order chi connectivity index (χ0) is 80.2. The zero-order valence-electron chi connectivity index (χ0n) is 62.0. The molecule has 1 aliphatic heterocycles. The molecular formula is C90H53F9N6O14. The summed E-state index contributed by atoms with van der Waals surface area (Å²) in [5.74, 6) is -9.30. The molecule has 0 radical (unpaired) electrons. The van der Waals surface area contributed by atoms with E-state index in [1.165, 1.54) is 0 Å². The summed E-state index contributed by atoms with van der Waals surface area (Å²) in [6.45, 7) is 11.4. The smallest absolute Gasteiger partial charge is 0.430 e. The lowest BCUT2D eigenvalue weighted by Gasteiger charge is -2.49. The molecule has 0 atom stereocenters. The first-order chi connectivity index (χ1) is 57.4. The Morgan fingerprint density at radius 1 is 0.294 bits per heavy atom. The van der Waals surface area contributed by atoms with Crippen LogP contribution in [0.3, 0.4) is 0 Å². The van der Waals surface area contributed by atoms with Crippen molar-refractivity contribution in [1.29, 1.82) is 0 Å².